The van der Waals surface area contributed by atoms with Gasteiger partial charge in [0.05, 0.1) is 0 Å². The second-order valence-electron chi connectivity index (χ2n) is 1.83. The van der Waals surface area contributed by atoms with Gasteiger partial charge in [-0.05, 0) is 12.8 Å². The Morgan fingerprint density at radius 2 is 2.00 bits per heavy atom. The predicted molar refractivity (Wildman–Crippen MR) is 29.1 cm³/mol. The van der Waals surface area contributed by atoms with Crippen molar-refractivity contribution in [2.75, 3.05) is 0 Å². The van der Waals surface area contributed by atoms with E-state index < -0.39 is 5.97 Å². The molecule has 0 rings (SSSR count). The average Bonchev–Trinajstić information content (AvgIpc) is 1.66. The third-order valence-electron chi connectivity index (χ3n) is 0.984. The molecule has 0 atom stereocenters. The van der Waals surface area contributed by atoms with Crippen molar-refractivity contribution < 1.29 is 78.8 Å². The molecule has 0 amide bonds. The van der Waals surface area contributed by atoms with Gasteiger partial charge in [-0.2, -0.15) is 0 Å². The van der Waals surface area contributed by atoms with E-state index in [9.17, 15) is 9.90 Å². The maximum Gasteiger partial charge on any atom is 1.00 e. The van der Waals surface area contributed by atoms with Crippen LogP contribution in [0, 0.1) is 0 Å². The standard InChI is InChI=1S/C6H12O2.Cs/c1-2-3-4-5-6(7)8;/h2-5H2,1H3,(H,7,8);/q;+1/p-1. The zero-order valence-electron chi connectivity index (χ0n) is 6.14. The molecule has 0 fully saturated rings. The Hall–Kier alpha value is 1.52. The first-order valence-corrected chi connectivity index (χ1v) is 2.97. The van der Waals surface area contributed by atoms with Gasteiger partial charge in [0, 0.05) is 5.97 Å². The molecule has 9 heavy (non-hydrogen) atoms. The van der Waals surface area contributed by atoms with Crippen LogP contribution in [0.25, 0.3) is 0 Å². The monoisotopic (exact) mass is 248 g/mol. The van der Waals surface area contributed by atoms with Crippen molar-refractivity contribution in [2.24, 2.45) is 0 Å². The molecule has 0 aromatic carbocycles. The van der Waals surface area contributed by atoms with E-state index in [0.717, 1.165) is 19.3 Å². The number of unbranched alkanes of at least 4 members (excludes halogenated alkanes) is 2. The largest absolute Gasteiger partial charge is 1.00 e. The number of carboxylic acids is 1. The van der Waals surface area contributed by atoms with E-state index in [1.807, 2.05) is 6.92 Å². The SMILES string of the molecule is CCCCCC(=O)[O-].[Cs+]. The molecular formula is C6H11CsO2. The van der Waals surface area contributed by atoms with E-state index in [4.69, 9.17) is 0 Å². The molecule has 0 radical (unpaired) electrons. The molecule has 0 aromatic heterocycles. The van der Waals surface area contributed by atoms with E-state index in [0.29, 0.717) is 0 Å². The van der Waals surface area contributed by atoms with Gasteiger partial charge in [0.2, 0.25) is 0 Å². The van der Waals surface area contributed by atoms with Gasteiger partial charge >= 0.3 is 68.9 Å². The van der Waals surface area contributed by atoms with Gasteiger partial charge in [0.1, 0.15) is 0 Å². The predicted octanol–water partition coefficient (Wildman–Crippen LogP) is -2.68. The molecule has 2 nitrogen and oxygen atoms in total. The van der Waals surface area contributed by atoms with Crippen LogP contribution in [-0.4, -0.2) is 5.97 Å². The first-order chi connectivity index (χ1) is 3.77. The molecule has 0 saturated heterocycles. The minimum absolute atomic E-state index is 0. The third-order valence-corrected chi connectivity index (χ3v) is 0.984. The van der Waals surface area contributed by atoms with E-state index in [1.54, 1.807) is 0 Å². The fraction of sp³-hybridized carbons (Fsp3) is 0.833. The van der Waals surface area contributed by atoms with Crippen LogP contribution >= 0.6 is 0 Å². The number of rotatable bonds is 4. The Kier molecular flexibility index (Phi) is 13.9. The average molecular weight is 248 g/mol. The van der Waals surface area contributed by atoms with Crippen LogP contribution < -0.4 is 74.0 Å². The van der Waals surface area contributed by atoms with Crippen molar-refractivity contribution in [3.05, 3.63) is 0 Å². The Morgan fingerprint density at radius 1 is 1.44 bits per heavy atom. The second kappa shape index (κ2) is 9.52. The summed E-state index contributed by atoms with van der Waals surface area (Å²) in [5.41, 5.74) is 0. The minimum Gasteiger partial charge on any atom is -0.550 e. The zero-order valence-corrected chi connectivity index (χ0v) is 12.4. The van der Waals surface area contributed by atoms with Crippen molar-refractivity contribution in [3.8, 4) is 0 Å². The Labute approximate surface area is 115 Å². The molecule has 3 heteroatoms. The summed E-state index contributed by atoms with van der Waals surface area (Å²) in [5, 5.41) is 9.76. The van der Waals surface area contributed by atoms with Crippen molar-refractivity contribution in [1.29, 1.82) is 0 Å². The van der Waals surface area contributed by atoms with Crippen molar-refractivity contribution in [1.82, 2.24) is 0 Å². The second-order valence-corrected chi connectivity index (χ2v) is 1.83. The minimum atomic E-state index is -0.932. The van der Waals surface area contributed by atoms with Gasteiger partial charge < -0.3 is 9.90 Å². The van der Waals surface area contributed by atoms with E-state index in [-0.39, 0.29) is 75.3 Å². The summed E-state index contributed by atoms with van der Waals surface area (Å²) >= 11 is 0. The topological polar surface area (TPSA) is 40.1 Å². The summed E-state index contributed by atoms with van der Waals surface area (Å²) in [6.45, 7) is 2.04. The van der Waals surface area contributed by atoms with Crippen LogP contribution in [-0.2, 0) is 4.79 Å². The van der Waals surface area contributed by atoms with Crippen LogP contribution in [0.3, 0.4) is 0 Å². The Morgan fingerprint density at radius 3 is 2.33 bits per heavy atom. The van der Waals surface area contributed by atoms with E-state index in [1.165, 1.54) is 0 Å². The van der Waals surface area contributed by atoms with Crippen molar-refractivity contribution in [2.45, 2.75) is 32.6 Å². The molecule has 48 valence electrons. The number of aliphatic carboxylic acids is 1. The quantitative estimate of drug-likeness (QED) is 0.509. The Bertz CT molecular complexity index is 73.5. The molecule has 0 spiro atoms. The van der Waals surface area contributed by atoms with Crippen LogP contribution in [0.5, 0.6) is 0 Å². The molecule has 0 saturated carbocycles. The first-order valence-electron chi connectivity index (χ1n) is 2.97. The fourth-order valence-electron chi connectivity index (χ4n) is 0.519. The smallest absolute Gasteiger partial charge is 0.550 e. The molecule has 0 aliphatic heterocycles. The van der Waals surface area contributed by atoms with Gasteiger partial charge in [-0.25, -0.2) is 0 Å². The summed E-state index contributed by atoms with van der Waals surface area (Å²) < 4.78 is 0. The summed E-state index contributed by atoms with van der Waals surface area (Å²) in [6, 6.07) is 0. The third kappa shape index (κ3) is 12.7. The first kappa shape index (κ1) is 13.1. The van der Waals surface area contributed by atoms with Crippen molar-refractivity contribution in [3.63, 3.8) is 0 Å². The molecule has 0 aromatic rings. The summed E-state index contributed by atoms with van der Waals surface area (Å²) in [6.07, 6.45) is 3.04. The molecule has 0 N–H and O–H groups in total. The number of carbonyl (C=O) groups excluding carboxylic acids is 1. The summed E-state index contributed by atoms with van der Waals surface area (Å²) in [4.78, 5) is 9.76. The maximum atomic E-state index is 9.76. The molecule has 0 unspecified atom stereocenters. The van der Waals surface area contributed by atoms with Crippen LogP contribution in [0.15, 0.2) is 0 Å². The van der Waals surface area contributed by atoms with Gasteiger partial charge in [-0.3, -0.25) is 0 Å². The van der Waals surface area contributed by atoms with E-state index in [2.05, 4.69) is 0 Å². The maximum absolute atomic E-state index is 9.76. The molecule has 0 heterocycles. The number of hydrogen-bond donors (Lipinski definition) is 0. The molecule has 0 bridgehead atoms. The fourth-order valence-corrected chi connectivity index (χ4v) is 0.519. The summed E-state index contributed by atoms with van der Waals surface area (Å²) in [5.74, 6) is -0.932. The molecular weight excluding hydrogens is 237 g/mol. The number of carbonyl (C=O) groups is 1. The summed E-state index contributed by atoms with van der Waals surface area (Å²) in [7, 11) is 0. The van der Waals surface area contributed by atoms with Gasteiger partial charge in [0.25, 0.3) is 0 Å². The number of carboxylic acid groups (broad SMARTS) is 1. The van der Waals surface area contributed by atoms with Crippen LogP contribution in [0.4, 0.5) is 0 Å². The zero-order chi connectivity index (χ0) is 6.41. The number of hydrogen-bond acceptors (Lipinski definition) is 2. The van der Waals surface area contributed by atoms with Gasteiger partial charge in [-0.15, -0.1) is 0 Å². The van der Waals surface area contributed by atoms with Crippen LogP contribution in [0.1, 0.15) is 32.6 Å². The van der Waals surface area contributed by atoms with Gasteiger partial charge in [-0.1, -0.05) is 19.8 Å². The van der Waals surface area contributed by atoms with E-state index >= 15 is 0 Å². The van der Waals surface area contributed by atoms with Gasteiger partial charge in [0.15, 0.2) is 0 Å². The normalized spacial score (nSPS) is 8.11. The van der Waals surface area contributed by atoms with Crippen LogP contribution in [0.2, 0.25) is 0 Å². The van der Waals surface area contributed by atoms with Crippen molar-refractivity contribution >= 4 is 5.97 Å². The Balaban J connectivity index is 0. The molecule has 0 aliphatic carbocycles. The molecule has 0 aliphatic rings.